The third-order valence-electron chi connectivity index (χ3n) is 2.68. The highest BCUT2D eigenvalue weighted by atomic mass is 32.2. The van der Waals surface area contributed by atoms with E-state index < -0.39 is 43.0 Å². The molecule has 0 atom stereocenters. The standard InChI is InChI=1S/C13H9F2NO5S/c1-8-2-5-13(12(6-8)16(17)18)22(19,20)21-9-3-4-10(14)11(15)7-9/h2-7H,1H3. The van der Waals surface area contributed by atoms with Gasteiger partial charge in [-0.3, -0.25) is 10.1 Å². The Labute approximate surface area is 124 Å². The highest BCUT2D eigenvalue weighted by Crippen LogP contribution is 2.28. The maximum absolute atomic E-state index is 13.1. The van der Waals surface area contributed by atoms with Gasteiger partial charge in [-0.15, -0.1) is 0 Å². The number of nitro groups is 1. The Morgan fingerprint density at radius 2 is 1.77 bits per heavy atom. The lowest BCUT2D eigenvalue weighted by Crippen LogP contribution is -2.12. The molecule has 9 heteroatoms. The number of nitrogens with zero attached hydrogens (tertiary/aromatic N) is 1. The van der Waals surface area contributed by atoms with Gasteiger partial charge < -0.3 is 4.18 Å². The Morgan fingerprint density at radius 1 is 1.09 bits per heavy atom. The lowest BCUT2D eigenvalue weighted by atomic mass is 10.2. The van der Waals surface area contributed by atoms with Crippen LogP contribution in [0.15, 0.2) is 41.3 Å². The van der Waals surface area contributed by atoms with E-state index in [-0.39, 0.29) is 0 Å². The molecule has 0 heterocycles. The molecule has 2 rings (SSSR count). The molecule has 0 saturated carbocycles. The summed E-state index contributed by atoms with van der Waals surface area (Å²) in [4.78, 5) is 9.41. The Hall–Kier alpha value is -2.55. The van der Waals surface area contributed by atoms with Crippen molar-refractivity contribution >= 4 is 15.8 Å². The molecule has 0 radical (unpaired) electrons. The van der Waals surface area contributed by atoms with E-state index in [9.17, 15) is 27.3 Å². The Morgan fingerprint density at radius 3 is 2.36 bits per heavy atom. The fourth-order valence-electron chi connectivity index (χ4n) is 1.68. The molecule has 0 aliphatic heterocycles. The molecule has 0 aromatic heterocycles. The van der Waals surface area contributed by atoms with E-state index in [0.717, 1.165) is 18.2 Å². The molecule has 2 aromatic carbocycles. The van der Waals surface area contributed by atoms with Crippen LogP contribution in [0.5, 0.6) is 5.75 Å². The van der Waals surface area contributed by atoms with Gasteiger partial charge in [-0.05, 0) is 30.7 Å². The summed E-state index contributed by atoms with van der Waals surface area (Å²) in [6.45, 7) is 1.56. The average molecular weight is 329 g/mol. The molecular weight excluding hydrogens is 320 g/mol. The largest absolute Gasteiger partial charge is 0.379 e. The SMILES string of the molecule is Cc1ccc(S(=O)(=O)Oc2ccc(F)c(F)c2)c([N+](=O)[O-])c1. The molecule has 0 aliphatic rings. The molecule has 0 spiro atoms. The second-order valence-corrected chi connectivity index (χ2v) is 5.86. The van der Waals surface area contributed by atoms with E-state index in [0.29, 0.717) is 17.7 Å². The summed E-state index contributed by atoms with van der Waals surface area (Å²) in [6.07, 6.45) is 0. The van der Waals surface area contributed by atoms with E-state index >= 15 is 0 Å². The third-order valence-corrected chi connectivity index (χ3v) is 3.97. The van der Waals surface area contributed by atoms with Crippen LogP contribution in [0.25, 0.3) is 0 Å². The summed E-state index contributed by atoms with van der Waals surface area (Å²) < 4.78 is 54.7. The minimum Gasteiger partial charge on any atom is -0.379 e. The zero-order valence-corrected chi connectivity index (χ0v) is 11.9. The van der Waals surface area contributed by atoms with Gasteiger partial charge in [0.25, 0.3) is 5.69 Å². The van der Waals surface area contributed by atoms with Crippen LogP contribution in [0, 0.1) is 28.7 Å². The normalized spacial score (nSPS) is 11.2. The zero-order valence-electron chi connectivity index (χ0n) is 11.1. The Balaban J connectivity index is 2.47. The number of hydrogen-bond donors (Lipinski definition) is 0. The molecule has 22 heavy (non-hydrogen) atoms. The van der Waals surface area contributed by atoms with Crippen molar-refractivity contribution in [2.24, 2.45) is 0 Å². The van der Waals surface area contributed by atoms with Crippen molar-refractivity contribution in [2.75, 3.05) is 0 Å². The number of rotatable bonds is 4. The van der Waals surface area contributed by atoms with Crippen LogP contribution in [0.2, 0.25) is 0 Å². The minimum atomic E-state index is -4.57. The predicted octanol–water partition coefficient (Wildman–Crippen LogP) is 2.95. The monoisotopic (exact) mass is 329 g/mol. The summed E-state index contributed by atoms with van der Waals surface area (Å²) in [5.74, 6) is -2.97. The van der Waals surface area contributed by atoms with Gasteiger partial charge in [0.1, 0.15) is 5.75 Å². The first kappa shape index (κ1) is 15.8. The minimum absolute atomic E-state index is 0.485. The molecule has 0 bridgehead atoms. The number of nitro benzene ring substituents is 1. The van der Waals surface area contributed by atoms with Crippen molar-refractivity contribution in [1.82, 2.24) is 0 Å². The molecule has 0 fully saturated rings. The van der Waals surface area contributed by atoms with Gasteiger partial charge in [0.05, 0.1) is 4.92 Å². The van der Waals surface area contributed by atoms with Crippen LogP contribution in [-0.4, -0.2) is 13.3 Å². The second kappa shape index (κ2) is 5.68. The fourth-order valence-corrected chi connectivity index (χ4v) is 2.75. The van der Waals surface area contributed by atoms with Gasteiger partial charge in [-0.2, -0.15) is 8.42 Å². The summed E-state index contributed by atoms with van der Waals surface area (Å²) in [7, 11) is -4.57. The molecule has 6 nitrogen and oxygen atoms in total. The summed E-state index contributed by atoms with van der Waals surface area (Å²) in [5, 5.41) is 10.9. The van der Waals surface area contributed by atoms with E-state index in [2.05, 4.69) is 4.18 Å². The Kier molecular flexibility index (Phi) is 4.09. The second-order valence-electron chi connectivity index (χ2n) is 4.34. The molecule has 0 aliphatic carbocycles. The van der Waals surface area contributed by atoms with E-state index in [1.807, 2.05) is 0 Å². The summed E-state index contributed by atoms with van der Waals surface area (Å²) >= 11 is 0. The molecule has 0 N–H and O–H groups in total. The van der Waals surface area contributed by atoms with Crippen molar-refractivity contribution in [1.29, 1.82) is 0 Å². The van der Waals surface area contributed by atoms with Crippen LogP contribution < -0.4 is 4.18 Å². The van der Waals surface area contributed by atoms with Gasteiger partial charge in [-0.1, -0.05) is 6.07 Å². The van der Waals surface area contributed by atoms with Gasteiger partial charge in [0, 0.05) is 12.1 Å². The molecule has 0 amide bonds. The highest BCUT2D eigenvalue weighted by molar-refractivity contribution is 7.87. The van der Waals surface area contributed by atoms with Crippen molar-refractivity contribution in [3.63, 3.8) is 0 Å². The van der Waals surface area contributed by atoms with Gasteiger partial charge >= 0.3 is 10.1 Å². The highest BCUT2D eigenvalue weighted by Gasteiger charge is 2.28. The third kappa shape index (κ3) is 3.19. The Bertz CT molecular complexity index is 852. The maximum Gasteiger partial charge on any atom is 0.346 e. The van der Waals surface area contributed by atoms with Crippen LogP contribution in [-0.2, 0) is 10.1 Å². The van der Waals surface area contributed by atoms with Gasteiger partial charge in [0.15, 0.2) is 16.5 Å². The van der Waals surface area contributed by atoms with Crippen molar-refractivity contribution < 1.29 is 26.3 Å². The lowest BCUT2D eigenvalue weighted by molar-refractivity contribution is -0.387. The van der Waals surface area contributed by atoms with Crippen LogP contribution in [0.4, 0.5) is 14.5 Å². The maximum atomic E-state index is 13.1. The average Bonchev–Trinajstić information content (AvgIpc) is 2.42. The summed E-state index contributed by atoms with van der Waals surface area (Å²) in [5.41, 5.74) is -0.180. The van der Waals surface area contributed by atoms with Gasteiger partial charge in [-0.25, -0.2) is 8.78 Å². The van der Waals surface area contributed by atoms with E-state index in [1.165, 1.54) is 6.07 Å². The molecule has 0 saturated heterocycles. The van der Waals surface area contributed by atoms with Crippen molar-refractivity contribution in [3.8, 4) is 5.75 Å². The zero-order chi connectivity index (χ0) is 16.5. The topological polar surface area (TPSA) is 86.5 Å². The first-order chi connectivity index (χ1) is 10.2. The summed E-state index contributed by atoms with van der Waals surface area (Å²) in [6, 6.07) is 5.56. The fraction of sp³-hybridized carbons (Fsp3) is 0.0769. The lowest BCUT2D eigenvalue weighted by Gasteiger charge is -2.08. The van der Waals surface area contributed by atoms with Crippen LogP contribution >= 0.6 is 0 Å². The number of benzene rings is 2. The van der Waals surface area contributed by atoms with Crippen molar-refractivity contribution in [3.05, 3.63) is 63.7 Å². The molecular formula is C13H9F2NO5S. The smallest absolute Gasteiger partial charge is 0.346 e. The van der Waals surface area contributed by atoms with Crippen molar-refractivity contribution in [2.45, 2.75) is 11.8 Å². The quantitative estimate of drug-likeness (QED) is 0.489. The molecule has 2 aromatic rings. The number of halogens is 2. The van der Waals surface area contributed by atoms with Crippen LogP contribution in [0.1, 0.15) is 5.56 Å². The number of aryl methyl sites for hydroxylation is 1. The van der Waals surface area contributed by atoms with Gasteiger partial charge in [0.2, 0.25) is 0 Å². The van der Waals surface area contributed by atoms with E-state index in [1.54, 1.807) is 6.92 Å². The molecule has 116 valence electrons. The first-order valence-electron chi connectivity index (χ1n) is 5.85. The predicted molar refractivity (Wildman–Crippen MR) is 72.0 cm³/mol. The number of hydrogen-bond acceptors (Lipinski definition) is 5. The first-order valence-corrected chi connectivity index (χ1v) is 7.26. The molecule has 0 unspecified atom stereocenters. The van der Waals surface area contributed by atoms with Crippen LogP contribution in [0.3, 0.4) is 0 Å². The van der Waals surface area contributed by atoms with E-state index in [4.69, 9.17) is 0 Å².